The lowest BCUT2D eigenvalue weighted by Crippen LogP contribution is -2.33. The van der Waals surface area contributed by atoms with E-state index in [-0.39, 0.29) is 18.2 Å². The van der Waals surface area contributed by atoms with Crippen LogP contribution in [0.2, 0.25) is 0 Å². The first-order valence-corrected chi connectivity index (χ1v) is 8.61. The number of carbonyl (C=O) groups is 2. The number of nitrogens with zero attached hydrogens (tertiary/aromatic N) is 1. The van der Waals surface area contributed by atoms with Crippen molar-refractivity contribution in [1.29, 1.82) is 0 Å². The Morgan fingerprint density at radius 3 is 2.46 bits per heavy atom. The van der Waals surface area contributed by atoms with Crippen LogP contribution < -0.4 is 10.2 Å². The summed E-state index contributed by atoms with van der Waals surface area (Å²) >= 11 is 3.48. The number of benzene rings is 2. The second-order valence-corrected chi connectivity index (χ2v) is 6.47. The highest BCUT2D eigenvalue weighted by Crippen LogP contribution is 2.24. The van der Waals surface area contributed by atoms with Gasteiger partial charge in [-0.05, 0) is 30.2 Å². The Bertz CT molecular complexity index is 717. The van der Waals surface area contributed by atoms with Gasteiger partial charge in [-0.1, -0.05) is 52.3 Å². The monoisotopic (exact) mass is 388 g/mol. The van der Waals surface area contributed by atoms with E-state index in [1.807, 2.05) is 55.5 Å². The highest BCUT2D eigenvalue weighted by molar-refractivity contribution is 9.10. The molecule has 2 rings (SSSR count). The van der Waals surface area contributed by atoms with E-state index in [1.54, 1.807) is 4.90 Å². The number of rotatable bonds is 6. The summed E-state index contributed by atoms with van der Waals surface area (Å²) in [5.41, 5.74) is 2.94. The van der Waals surface area contributed by atoms with Gasteiger partial charge in [-0.2, -0.15) is 0 Å². The van der Waals surface area contributed by atoms with E-state index in [1.165, 1.54) is 6.92 Å². The van der Waals surface area contributed by atoms with Gasteiger partial charge < -0.3 is 10.2 Å². The minimum absolute atomic E-state index is 0.0729. The molecule has 0 heterocycles. The summed E-state index contributed by atoms with van der Waals surface area (Å²) in [6.07, 6.45) is 0.262. The first-order valence-electron chi connectivity index (χ1n) is 7.82. The van der Waals surface area contributed by atoms with Gasteiger partial charge in [0.25, 0.3) is 0 Å². The predicted molar refractivity (Wildman–Crippen MR) is 99.8 cm³/mol. The van der Waals surface area contributed by atoms with Crippen molar-refractivity contribution in [2.75, 3.05) is 11.4 Å². The van der Waals surface area contributed by atoms with Crippen molar-refractivity contribution >= 4 is 33.4 Å². The highest BCUT2D eigenvalue weighted by atomic mass is 79.9. The SMILES string of the molecule is CC(=O)N(CCC(=O)NCc1ccccc1)c1ccc(C)c(Br)c1. The fourth-order valence-electron chi connectivity index (χ4n) is 2.32. The van der Waals surface area contributed by atoms with Crippen molar-refractivity contribution in [1.82, 2.24) is 5.32 Å². The molecule has 0 atom stereocenters. The zero-order chi connectivity index (χ0) is 17.5. The molecule has 24 heavy (non-hydrogen) atoms. The van der Waals surface area contributed by atoms with E-state index in [2.05, 4.69) is 21.2 Å². The topological polar surface area (TPSA) is 49.4 Å². The molecular weight excluding hydrogens is 368 g/mol. The van der Waals surface area contributed by atoms with Gasteiger partial charge in [-0.25, -0.2) is 0 Å². The predicted octanol–water partition coefficient (Wildman–Crippen LogP) is 3.82. The number of hydrogen-bond acceptors (Lipinski definition) is 2. The molecule has 0 aliphatic rings. The molecule has 0 unspecified atom stereocenters. The number of aryl methyl sites for hydroxylation is 1. The first kappa shape index (κ1) is 18.2. The van der Waals surface area contributed by atoms with E-state index in [0.717, 1.165) is 21.3 Å². The van der Waals surface area contributed by atoms with Crippen LogP contribution in [0, 0.1) is 6.92 Å². The van der Waals surface area contributed by atoms with Crippen LogP contribution in [-0.4, -0.2) is 18.4 Å². The van der Waals surface area contributed by atoms with E-state index in [0.29, 0.717) is 13.1 Å². The third-order valence-corrected chi connectivity index (χ3v) is 4.60. The van der Waals surface area contributed by atoms with Crippen molar-refractivity contribution in [3.63, 3.8) is 0 Å². The zero-order valence-corrected chi connectivity index (χ0v) is 15.5. The Kier molecular flexibility index (Phi) is 6.55. The van der Waals surface area contributed by atoms with Crippen LogP contribution in [-0.2, 0) is 16.1 Å². The minimum atomic E-state index is -0.0818. The average Bonchev–Trinajstić information content (AvgIpc) is 2.57. The number of anilines is 1. The van der Waals surface area contributed by atoms with Gasteiger partial charge in [0.2, 0.25) is 11.8 Å². The van der Waals surface area contributed by atoms with Gasteiger partial charge in [0, 0.05) is 36.6 Å². The number of nitrogens with one attached hydrogen (secondary N) is 1. The maximum atomic E-state index is 12.0. The molecular formula is C19H21BrN2O2. The molecule has 0 spiro atoms. The molecule has 5 heteroatoms. The summed E-state index contributed by atoms with van der Waals surface area (Å²) in [4.78, 5) is 25.6. The Labute approximate surface area is 151 Å². The molecule has 0 aromatic heterocycles. The molecule has 4 nitrogen and oxygen atoms in total. The standard InChI is InChI=1S/C19H21BrN2O2/c1-14-8-9-17(12-18(14)20)22(15(2)23)11-10-19(24)21-13-16-6-4-3-5-7-16/h3-9,12H,10-11,13H2,1-2H3,(H,21,24). The zero-order valence-electron chi connectivity index (χ0n) is 13.9. The van der Waals surface area contributed by atoms with Gasteiger partial charge in [0.15, 0.2) is 0 Å². The molecule has 0 saturated carbocycles. The van der Waals surface area contributed by atoms with Gasteiger partial charge in [-0.3, -0.25) is 9.59 Å². The lowest BCUT2D eigenvalue weighted by atomic mass is 10.2. The number of halogens is 1. The Hall–Kier alpha value is -2.14. The van der Waals surface area contributed by atoms with Gasteiger partial charge in [-0.15, -0.1) is 0 Å². The van der Waals surface area contributed by atoms with Gasteiger partial charge >= 0.3 is 0 Å². The van der Waals surface area contributed by atoms with Crippen molar-refractivity contribution in [2.24, 2.45) is 0 Å². The van der Waals surface area contributed by atoms with Crippen molar-refractivity contribution in [3.05, 3.63) is 64.1 Å². The molecule has 0 saturated heterocycles. The largest absolute Gasteiger partial charge is 0.352 e. The molecule has 0 radical (unpaired) electrons. The Morgan fingerprint density at radius 1 is 1.12 bits per heavy atom. The summed E-state index contributed by atoms with van der Waals surface area (Å²) in [5, 5.41) is 2.88. The van der Waals surface area contributed by atoms with Crippen LogP contribution in [0.5, 0.6) is 0 Å². The van der Waals surface area contributed by atoms with Crippen molar-refractivity contribution in [3.8, 4) is 0 Å². The first-order chi connectivity index (χ1) is 11.5. The third kappa shape index (κ3) is 5.20. The average molecular weight is 389 g/mol. The van der Waals surface area contributed by atoms with E-state index in [9.17, 15) is 9.59 Å². The molecule has 2 aromatic rings. The smallest absolute Gasteiger partial charge is 0.223 e. The van der Waals surface area contributed by atoms with Crippen LogP contribution in [0.1, 0.15) is 24.5 Å². The molecule has 1 N–H and O–H groups in total. The maximum absolute atomic E-state index is 12.0. The maximum Gasteiger partial charge on any atom is 0.223 e. The van der Waals surface area contributed by atoms with Gasteiger partial charge in [0.05, 0.1) is 0 Å². The van der Waals surface area contributed by atoms with Crippen LogP contribution in [0.3, 0.4) is 0 Å². The van der Waals surface area contributed by atoms with Crippen LogP contribution in [0.4, 0.5) is 5.69 Å². The summed E-state index contributed by atoms with van der Waals surface area (Å²) in [6.45, 7) is 4.35. The number of amides is 2. The van der Waals surface area contributed by atoms with Crippen molar-refractivity contribution in [2.45, 2.75) is 26.8 Å². The molecule has 0 aliphatic heterocycles. The molecule has 0 bridgehead atoms. The molecule has 0 aliphatic carbocycles. The Balaban J connectivity index is 1.92. The van der Waals surface area contributed by atoms with Gasteiger partial charge in [0.1, 0.15) is 0 Å². The lowest BCUT2D eigenvalue weighted by molar-refractivity contribution is -0.121. The summed E-state index contributed by atoms with van der Waals surface area (Å²) in [7, 11) is 0. The number of hydrogen-bond donors (Lipinski definition) is 1. The van der Waals surface area contributed by atoms with Crippen LogP contribution >= 0.6 is 15.9 Å². The van der Waals surface area contributed by atoms with Crippen molar-refractivity contribution < 1.29 is 9.59 Å². The third-order valence-electron chi connectivity index (χ3n) is 3.74. The second-order valence-electron chi connectivity index (χ2n) is 5.62. The fourth-order valence-corrected chi connectivity index (χ4v) is 2.68. The number of carbonyl (C=O) groups excluding carboxylic acids is 2. The fraction of sp³-hybridized carbons (Fsp3) is 0.263. The van der Waals surface area contributed by atoms with Crippen LogP contribution in [0.15, 0.2) is 53.0 Å². The Morgan fingerprint density at radius 2 is 1.83 bits per heavy atom. The van der Waals surface area contributed by atoms with Crippen LogP contribution in [0.25, 0.3) is 0 Å². The quantitative estimate of drug-likeness (QED) is 0.817. The van der Waals surface area contributed by atoms with E-state index in [4.69, 9.17) is 0 Å². The lowest BCUT2D eigenvalue weighted by Gasteiger charge is -2.21. The summed E-state index contributed by atoms with van der Waals surface area (Å²) in [5.74, 6) is -0.155. The molecule has 2 amide bonds. The van der Waals surface area contributed by atoms with E-state index >= 15 is 0 Å². The minimum Gasteiger partial charge on any atom is -0.352 e. The second kappa shape index (κ2) is 8.64. The summed E-state index contributed by atoms with van der Waals surface area (Å²) in [6, 6.07) is 15.5. The normalized spacial score (nSPS) is 10.3. The molecule has 126 valence electrons. The molecule has 2 aromatic carbocycles. The highest BCUT2D eigenvalue weighted by Gasteiger charge is 2.14. The molecule has 0 fully saturated rings. The van der Waals surface area contributed by atoms with E-state index < -0.39 is 0 Å². The summed E-state index contributed by atoms with van der Waals surface area (Å²) < 4.78 is 0.944.